The van der Waals surface area contributed by atoms with Crippen molar-refractivity contribution >= 4 is 39.1 Å². The zero-order valence-corrected chi connectivity index (χ0v) is 13.7. The van der Waals surface area contributed by atoms with Gasteiger partial charge in [0, 0.05) is 10.7 Å². The smallest absolute Gasteiger partial charge is 0.182 e. The maximum absolute atomic E-state index is 6.29. The van der Waals surface area contributed by atoms with Crippen molar-refractivity contribution in [1.29, 1.82) is 0 Å². The van der Waals surface area contributed by atoms with Crippen molar-refractivity contribution < 1.29 is 0 Å². The lowest BCUT2D eigenvalue weighted by atomic mass is 10.1. The Morgan fingerprint density at radius 1 is 0.857 bits per heavy atom. The first-order chi connectivity index (χ1) is 10.2. The van der Waals surface area contributed by atoms with Crippen molar-refractivity contribution in [2.24, 2.45) is 0 Å². The van der Waals surface area contributed by atoms with Gasteiger partial charge in [-0.15, -0.1) is 0 Å². The average molecular weight is 381 g/mol. The Hall–Kier alpha value is -1.49. The lowest BCUT2D eigenvalue weighted by Gasteiger charge is -2.09. The third kappa shape index (κ3) is 2.93. The number of hydrogen-bond donors (Lipinski definition) is 0. The van der Waals surface area contributed by atoms with Crippen LogP contribution in [0.1, 0.15) is 0 Å². The van der Waals surface area contributed by atoms with Crippen LogP contribution in [0.5, 0.6) is 0 Å². The van der Waals surface area contributed by atoms with Crippen molar-refractivity contribution in [3.63, 3.8) is 0 Å². The van der Waals surface area contributed by atoms with Crippen molar-refractivity contribution in [3.8, 4) is 22.6 Å². The molecule has 0 aliphatic carbocycles. The van der Waals surface area contributed by atoms with E-state index in [-0.39, 0.29) is 0 Å². The fourth-order valence-corrected chi connectivity index (χ4v) is 2.95. The van der Waals surface area contributed by atoms with Gasteiger partial charge in [0.15, 0.2) is 5.82 Å². The highest BCUT2D eigenvalue weighted by molar-refractivity contribution is 9.10. The molecule has 3 rings (SSSR count). The highest BCUT2D eigenvalue weighted by Gasteiger charge is 2.16. The van der Waals surface area contributed by atoms with E-state index in [9.17, 15) is 0 Å². The molecule has 0 atom stereocenters. The molecule has 0 unspecified atom stereocenters. The quantitative estimate of drug-likeness (QED) is 0.568. The summed E-state index contributed by atoms with van der Waals surface area (Å²) in [6, 6.07) is 13.2. The number of halogens is 3. The summed E-state index contributed by atoms with van der Waals surface area (Å²) in [6.07, 6.45) is 1.66. The van der Waals surface area contributed by atoms with Gasteiger partial charge in [0.1, 0.15) is 16.0 Å². The van der Waals surface area contributed by atoms with Gasteiger partial charge in [-0.2, -0.15) is 0 Å². The highest BCUT2D eigenvalue weighted by Crippen LogP contribution is 2.34. The van der Waals surface area contributed by atoms with E-state index < -0.39 is 0 Å². The van der Waals surface area contributed by atoms with Crippen LogP contribution in [-0.4, -0.2) is 15.0 Å². The molecule has 3 aromatic rings. The molecule has 0 fully saturated rings. The van der Waals surface area contributed by atoms with Crippen LogP contribution in [0, 0.1) is 0 Å². The zero-order chi connectivity index (χ0) is 14.8. The lowest BCUT2D eigenvalue weighted by Crippen LogP contribution is -1.96. The molecule has 0 radical (unpaired) electrons. The second-order valence-electron chi connectivity index (χ2n) is 4.20. The monoisotopic (exact) mass is 379 g/mol. The Bertz CT molecular complexity index is 771. The fourth-order valence-electron chi connectivity index (χ4n) is 1.91. The lowest BCUT2D eigenvalue weighted by molar-refractivity contribution is 1.14. The molecule has 6 heteroatoms. The van der Waals surface area contributed by atoms with Crippen molar-refractivity contribution in [1.82, 2.24) is 15.0 Å². The van der Waals surface area contributed by atoms with E-state index in [2.05, 4.69) is 30.9 Å². The summed E-state index contributed by atoms with van der Waals surface area (Å²) in [7, 11) is 0. The van der Waals surface area contributed by atoms with Gasteiger partial charge < -0.3 is 0 Å². The molecule has 2 aromatic heterocycles. The second-order valence-corrected chi connectivity index (χ2v) is 5.77. The largest absolute Gasteiger partial charge is 0.252 e. The van der Waals surface area contributed by atoms with Crippen LogP contribution in [0.2, 0.25) is 10.3 Å². The van der Waals surface area contributed by atoms with Gasteiger partial charge in [-0.3, -0.25) is 4.98 Å². The number of rotatable bonds is 2. The number of hydrogen-bond acceptors (Lipinski definition) is 3. The van der Waals surface area contributed by atoms with Gasteiger partial charge in [-0.25, -0.2) is 9.97 Å². The van der Waals surface area contributed by atoms with Gasteiger partial charge >= 0.3 is 0 Å². The summed E-state index contributed by atoms with van der Waals surface area (Å²) in [5, 5.41) is 0.600. The summed E-state index contributed by atoms with van der Waals surface area (Å²) in [4.78, 5) is 12.9. The Morgan fingerprint density at radius 3 is 2.14 bits per heavy atom. The molecule has 0 amide bonds. The molecule has 0 N–H and O–H groups in total. The van der Waals surface area contributed by atoms with E-state index in [0.717, 1.165) is 10.0 Å². The van der Waals surface area contributed by atoms with E-state index >= 15 is 0 Å². The predicted molar refractivity (Wildman–Crippen MR) is 88.4 cm³/mol. The topological polar surface area (TPSA) is 38.7 Å². The molecule has 3 nitrogen and oxygen atoms in total. The Morgan fingerprint density at radius 2 is 1.52 bits per heavy atom. The standard InChI is InChI=1S/C15H8BrCl2N3/c16-10-7-4-8-19-12(10)15-20-13(17)11(14(18)21-15)9-5-2-1-3-6-9/h1-8H. The van der Waals surface area contributed by atoms with Crippen LogP contribution < -0.4 is 0 Å². The SMILES string of the molecule is Clc1nc(-c2ncccc2Br)nc(Cl)c1-c1ccccc1. The fraction of sp³-hybridized carbons (Fsp3) is 0. The summed E-state index contributed by atoms with van der Waals surface area (Å²) >= 11 is 16.0. The maximum Gasteiger partial charge on any atom is 0.182 e. The molecule has 104 valence electrons. The van der Waals surface area contributed by atoms with Crippen LogP contribution in [-0.2, 0) is 0 Å². The summed E-state index contributed by atoms with van der Waals surface area (Å²) in [5.41, 5.74) is 2.09. The van der Waals surface area contributed by atoms with Crippen molar-refractivity contribution in [2.45, 2.75) is 0 Å². The Labute approximate surface area is 140 Å². The summed E-state index contributed by atoms with van der Waals surface area (Å²) in [6.45, 7) is 0. The minimum absolute atomic E-state index is 0.300. The molecule has 0 aliphatic rings. The molecular formula is C15H8BrCl2N3. The first-order valence-corrected chi connectivity index (χ1v) is 7.61. The molecule has 0 saturated carbocycles. The van der Waals surface area contributed by atoms with E-state index in [1.807, 2.05) is 42.5 Å². The Balaban J connectivity index is 2.15. The normalized spacial score (nSPS) is 10.6. The zero-order valence-electron chi connectivity index (χ0n) is 10.6. The summed E-state index contributed by atoms with van der Waals surface area (Å²) < 4.78 is 0.782. The van der Waals surface area contributed by atoms with Gasteiger partial charge in [0.25, 0.3) is 0 Å². The molecule has 0 spiro atoms. The molecule has 0 aliphatic heterocycles. The third-order valence-corrected chi connectivity index (χ3v) is 4.04. The van der Waals surface area contributed by atoms with E-state index in [1.54, 1.807) is 6.20 Å². The highest BCUT2D eigenvalue weighted by atomic mass is 79.9. The molecule has 0 saturated heterocycles. The molecule has 2 heterocycles. The first-order valence-electron chi connectivity index (χ1n) is 6.06. The number of nitrogens with zero attached hydrogens (tertiary/aromatic N) is 3. The number of pyridine rings is 1. The maximum atomic E-state index is 6.29. The average Bonchev–Trinajstić information content (AvgIpc) is 2.48. The van der Waals surface area contributed by atoms with Gasteiger partial charge in [0.2, 0.25) is 0 Å². The number of aromatic nitrogens is 3. The van der Waals surface area contributed by atoms with Gasteiger partial charge in [-0.05, 0) is 33.6 Å². The van der Waals surface area contributed by atoms with Crippen LogP contribution in [0.25, 0.3) is 22.6 Å². The summed E-state index contributed by atoms with van der Waals surface area (Å²) in [5.74, 6) is 0.386. The molecule has 21 heavy (non-hydrogen) atoms. The van der Waals surface area contributed by atoms with Gasteiger partial charge in [0.05, 0.1) is 5.56 Å². The number of benzene rings is 1. The minimum Gasteiger partial charge on any atom is -0.252 e. The second kappa shape index (κ2) is 6.10. The third-order valence-electron chi connectivity index (χ3n) is 2.85. The molecule has 1 aromatic carbocycles. The first kappa shape index (κ1) is 14.4. The molecular weight excluding hydrogens is 373 g/mol. The predicted octanol–water partition coefficient (Wildman–Crippen LogP) is 5.27. The van der Waals surface area contributed by atoms with Crippen LogP contribution in [0.4, 0.5) is 0 Å². The van der Waals surface area contributed by atoms with Crippen LogP contribution in [0.3, 0.4) is 0 Å². The minimum atomic E-state index is 0.300. The van der Waals surface area contributed by atoms with E-state index in [4.69, 9.17) is 23.2 Å². The van der Waals surface area contributed by atoms with Crippen molar-refractivity contribution in [3.05, 3.63) is 63.4 Å². The van der Waals surface area contributed by atoms with Crippen LogP contribution >= 0.6 is 39.1 Å². The molecule has 0 bridgehead atoms. The van der Waals surface area contributed by atoms with Gasteiger partial charge in [-0.1, -0.05) is 53.5 Å². The van der Waals surface area contributed by atoms with Crippen LogP contribution in [0.15, 0.2) is 53.1 Å². The Kier molecular flexibility index (Phi) is 4.19. The van der Waals surface area contributed by atoms with Crippen molar-refractivity contribution in [2.75, 3.05) is 0 Å². The van der Waals surface area contributed by atoms with E-state index in [1.165, 1.54) is 0 Å². The van der Waals surface area contributed by atoms with E-state index in [0.29, 0.717) is 27.4 Å².